The van der Waals surface area contributed by atoms with Crippen LogP contribution in [0.5, 0.6) is 5.75 Å². The summed E-state index contributed by atoms with van der Waals surface area (Å²) in [6, 6.07) is 17.7. The number of ether oxygens (including phenoxy) is 3. The van der Waals surface area contributed by atoms with Crippen molar-refractivity contribution in [1.29, 1.82) is 5.26 Å². The van der Waals surface area contributed by atoms with Crippen LogP contribution in [0.15, 0.2) is 80.0 Å². The molecule has 1 fully saturated rings. The van der Waals surface area contributed by atoms with Gasteiger partial charge >= 0.3 is 5.97 Å². The van der Waals surface area contributed by atoms with Gasteiger partial charge in [0.1, 0.15) is 5.75 Å². The third kappa shape index (κ3) is 8.10. The van der Waals surface area contributed by atoms with Crippen LogP contribution in [-0.4, -0.2) is 57.7 Å². The van der Waals surface area contributed by atoms with Gasteiger partial charge < -0.3 is 24.2 Å². The summed E-state index contributed by atoms with van der Waals surface area (Å²) in [5, 5.41) is 25.2. The highest BCUT2D eigenvalue weighted by molar-refractivity contribution is 5.87. The molecule has 0 radical (unpaired) electrons. The Hall–Kier alpha value is -4.91. The maximum atomic E-state index is 12.9. The van der Waals surface area contributed by atoms with E-state index in [9.17, 15) is 15.2 Å². The van der Waals surface area contributed by atoms with E-state index in [0.717, 1.165) is 52.0 Å². The molecule has 1 unspecified atom stereocenters. The highest BCUT2D eigenvalue weighted by Gasteiger charge is 2.37. The summed E-state index contributed by atoms with van der Waals surface area (Å²) < 4.78 is 20.5. The molecule has 1 saturated heterocycles. The molecular weight excluding hydrogens is 628 g/mol. The van der Waals surface area contributed by atoms with Gasteiger partial charge in [-0.1, -0.05) is 30.4 Å². The van der Waals surface area contributed by atoms with Crippen molar-refractivity contribution in [2.75, 3.05) is 24.6 Å². The van der Waals surface area contributed by atoms with Crippen LogP contribution in [0.4, 0.5) is 5.69 Å². The Morgan fingerprint density at radius 2 is 1.84 bits per heavy atom. The molecule has 1 aliphatic rings. The molecule has 0 saturated carbocycles. The van der Waals surface area contributed by atoms with E-state index in [1.165, 1.54) is 0 Å². The topological polar surface area (TPSA) is 109 Å². The monoisotopic (exact) mass is 676 g/mol. The summed E-state index contributed by atoms with van der Waals surface area (Å²) in [7, 11) is 0. The quantitative estimate of drug-likeness (QED) is 0.140. The third-order valence-electron chi connectivity index (χ3n) is 9.02. The number of rotatable bonds is 13. The first-order chi connectivity index (χ1) is 23.8. The number of piperidine rings is 1. The number of pyridine rings is 1. The second-order valence-electron chi connectivity index (χ2n) is 14.3. The first-order valence-electron chi connectivity index (χ1n) is 17.1. The second-order valence-corrected chi connectivity index (χ2v) is 14.3. The van der Waals surface area contributed by atoms with Crippen molar-refractivity contribution in [3.63, 3.8) is 0 Å². The average Bonchev–Trinajstić information content (AvgIpc) is 3.50. The van der Waals surface area contributed by atoms with Gasteiger partial charge in [0.05, 0.1) is 52.4 Å². The number of aromatic nitrogens is 2. The van der Waals surface area contributed by atoms with Gasteiger partial charge in [0, 0.05) is 42.4 Å². The fourth-order valence-corrected chi connectivity index (χ4v) is 6.52. The maximum Gasteiger partial charge on any atom is 0.337 e. The molecule has 2 aromatic carbocycles. The van der Waals surface area contributed by atoms with Gasteiger partial charge in [-0.2, -0.15) is 10.4 Å². The van der Waals surface area contributed by atoms with Gasteiger partial charge in [-0.3, -0.25) is 0 Å². The number of nitrogens with zero attached hydrogens (tertiary/aromatic N) is 4. The highest BCUT2D eigenvalue weighted by Crippen LogP contribution is 2.42. The highest BCUT2D eigenvalue weighted by atomic mass is 16.5. The van der Waals surface area contributed by atoms with E-state index in [-0.39, 0.29) is 11.7 Å². The summed E-state index contributed by atoms with van der Waals surface area (Å²) in [6.45, 7) is 21.1. The third-order valence-corrected chi connectivity index (χ3v) is 9.02. The van der Waals surface area contributed by atoms with Crippen molar-refractivity contribution in [2.24, 2.45) is 0 Å². The van der Waals surface area contributed by atoms with Crippen LogP contribution in [0.25, 0.3) is 27.9 Å². The van der Waals surface area contributed by atoms with Crippen molar-refractivity contribution >= 4 is 17.2 Å². The number of anilines is 1. The first kappa shape index (κ1) is 36.4. The van der Waals surface area contributed by atoms with Crippen LogP contribution in [0.3, 0.4) is 0 Å². The Bertz CT molecular complexity index is 1920. The van der Waals surface area contributed by atoms with Crippen LogP contribution in [-0.2, 0) is 14.3 Å². The van der Waals surface area contributed by atoms with Crippen LogP contribution >= 0.6 is 0 Å². The minimum absolute atomic E-state index is 0.0882. The maximum absolute atomic E-state index is 12.9. The zero-order valence-corrected chi connectivity index (χ0v) is 30.0. The van der Waals surface area contributed by atoms with Crippen molar-refractivity contribution in [1.82, 2.24) is 9.61 Å². The van der Waals surface area contributed by atoms with Crippen molar-refractivity contribution < 1.29 is 24.1 Å². The molecule has 0 amide bonds. The SMILES string of the molecule is C=CCOC1(C)CCN(c2c(C(OC(C)(C)C)C(=O)O)c(C)cn3nc(-c4cccc(-c5cc(C#N)ccc5O[C@@H](C)CC=C)c4)cc23)CC1. The number of aliphatic carboxylic acids is 1. The van der Waals surface area contributed by atoms with Crippen molar-refractivity contribution in [3.8, 4) is 34.2 Å². The fraction of sp³-hybridized carbons (Fsp3) is 0.390. The van der Waals surface area contributed by atoms with E-state index >= 15 is 0 Å². The number of carboxylic acids is 1. The van der Waals surface area contributed by atoms with E-state index in [4.69, 9.17) is 19.3 Å². The number of hydrogen-bond acceptors (Lipinski definition) is 7. The fourth-order valence-electron chi connectivity index (χ4n) is 6.52. The van der Waals surface area contributed by atoms with Gasteiger partial charge in [-0.15, -0.1) is 13.2 Å². The van der Waals surface area contributed by atoms with Gasteiger partial charge in [-0.25, -0.2) is 9.31 Å². The number of benzene rings is 2. The Kier molecular flexibility index (Phi) is 10.8. The van der Waals surface area contributed by atoms with Crippen LogP contribution in [0.2, 0.25) is 0 Å². The van der Waals surface area contributed by atoms with Gasteiger partial charge in [0.25, 0.3) is 0 Å². The number of hydrogen-bond donors (Lipinski definition) is 1. The molecule has 1 N–H and O–H groups in total. The van der Waals surface area contributed by atoms with Gasteiger partial charge in [-0.05, 0) is 95.8 Å². The predicted molar refractivity (Wildman–Crippen MR) is 198 cm³/mol. The summed E-state index contributed by atoms with van der Waals surface area (Å²) in [4.78, 5) is 15.1. The Morgan fingerprint density at radius 1 is 1.12 bits per heavy atom. The molecule has 2 atom stereocenters. The molecule has 50 heavy (non-hydrogen) atoms. The lowest BCUT2D eigenvalue weighted by Gasteiger charge is -2.41. The molecule has 0 bridgehead atoms. The van der Waals surface area contributed by atoms with E-state index in [0.29, 0.717) is 43.0 Å². The zero-order valence-electron chi connectivity index (χ0n) is 30.0. The van der Waals surface area contributed by atoms with Crippen molar-refractivity contribution in [2.45, 2.75) is 84.2 Å². The van der Waals surface area contributed by atoms with E-state index in [1.807, 2.05) is 93.9 Å². The van der Waals surface area contributed by atoms with Crippen LogP contribution in [0, 0.1) is 18.3 Å². The zero-order chi connectivity index (χ0) is 36.2. The molecule has 9 heteroatoms. The summed E-state index contributed by atoms with van der Waals surface area (Å²) in [5.74, 6) is -0.363. The molecule has 262 valence electrons. The number of nitriles is 1. The Morgan fingerprint density at radius 3 is 2.48 bits per heavy atom. The number of carboxylic acid groups (broad SMARTS) is 1. The number of aryl methyl sites for hydroxylation is 1. The molecular formula is C41H48N4O5. The minimum atomic E-state index is -1.18. The molecule has 1 aliphatic heterocycles. The van der Waals surface area contributed by atoms with E-state index in [2.05, 4.69) is 31.1 Å². The Labute approximate surface area is 295 Å². The lowest BCUT2D eigenvalue weighted by molar-refractivity contribution is -0.160. The van der Waals surface area contributed by atoms with Crippen molar-refractivity contribution in [3.05, 3.63) is 96.7 Å². The molecule has 3 heterocycles. The summed E-state index contributed by atoms with van der Waals surface area (Å²) in [5.41, 5.74) is 5.81. The second kappa shape index (κ2) is 14.9. The average molecular weight is 677 g/mol. The molecule has 5 rings (SSSR count). The van der Waals surface area contributed by atoms with Gasteiger partial charge in [0.2, 0.25) is 0 Å². The number of fused-ring (bicyclic) bond motifs is 1. The standard InChI is InChI=1S/C41H48N4O5/c1-9-12-28(4)49-35-16-15-29(25-42)22-32(35)30-13-11-14-31(23-30)33-24-34-37(44-19-17-41(8,18-20-44)48-21-10-2)36(27(3)26-45(34)43-33)38(39(46)47)50-40(5,6)7/h9-11,13-16,22-24,26,28,38H,1-2,12,17-21H2,3-8H3,(H,46,47)/t28-,38?/m0/s1. The van der Waals surface area contributed by atoms with E-state index in [1.54, 1.807) is 12.1 Å². The Balaban J connectivity index is 1.64. The smallest absolute Gasteiger partial charge is 0.337 e. The molecule has 4 aromatic rings. The molecule has 2 aromatic heterocycles. The normalized spacial score (nSPS) is 15.7. The molecule has 0 aliphatic carbocycles. The van der Waals surface area contributed by atoms with Crippen LogP contribution in [0.1, 0.15) is 76.7 Å². The lowest BCUT2D eigenvalue weighted by atomic mass is 9.91. The van der Waals surface area contributed by atoms with Gasteiger partial charge in [0.15, 0.2) is 6.10 Å². The first-order valence-corrected chi connectivity index (χ1v) is 17.1. The summed E-state index contributed by atoms with van der Waals surface area (Å²) >= 11 is 0. The minimum Gasteiger partial charge on any atom is -0.490 e. The molecule has 9 nitrogen and oxygen atoms in total. The number of carbonyl (C=O) groups is 1. The lowest BCUT2D eigenvalue weighted by Crippen LogP contribution is -2.45. The summed E-state index contributed by atoms with van der Waals surface area (Å²) in [6.07, 6.45) is 6.41. The largest absolute Gasteiger partial charge is 0.490 e. The molecule has 0 spiro atoms. The van der Waals surface area contributed by atoms with E-state index < -0.39 is 17.7 Å². The van der Waals surface area contributed by atoms with Crippen LogP contribution < -0.4 is 9.64 Å². The predicted octanol–water partition coefficient (Wildman–Crippen LogP) is 8.69.